The number of halogens is 3. The maximum atomic E-state index is 11.9. The molecular formula is C10H15BrCl2N2O2S. The number of benzene rings is 1. The Labute approximate surface area is 127 Å². The second-order valence-electron chi connectivity index (χ2n) is 3.43. The zero-order chi connectivity index (χ0) is 12.9. The SMILES string of the molecule is CNCCCNS(=O)(=O)c1ccc(Cl)cc1Br.Cl. The molecule has 1 aromatic carbocycles. The third kappa shape index (κ3) is 5.42. The van der Waals surface area contributed by atoms with Crippen LogP contribution in [0.25, 0.3) is 0 Å². The van der Waals surface area contributed by atoms with Gasteiger partial charge in [0.2, 0.25) is 10.0 Å². The molecule has 18 heavy (non-hydrogen) atoms. The minimum Gasteiger partial charge on any atom is -0.320 e. The van der Waals surface area contributed by atoms with Crippen molar-refractivity contribution in [2.45, 2.75) is 11.3 Å². The third-order valence-electron chi connectivity index (χ3n) is 2.08. The molecule has 8 heteroatoms. The Bertz CT molecular complexity index is 483. The number of hydrogen-bond acceptors (Lipinski definition) is 3. The molecule has 0 aliphatic carbocycles. The molecule has 0 amide bonds. The molecule has 1 aromatic rings. The van der Waals surface area contributed by atoms with Crippen LogP contribution in [0.5, 0.6) is 0 Å². The van der Waals surface area contributed by atoms with Crippen molar-refractivity contribution in [1.82, 2.24) is 10.0 Å². The summed E-state index contributed by atoms with van der Waals surface area (Å²) in [5, 5.41) is 3.44. The monoisotopic (exact) mass is 376 g/mol. The first-order valence-corrected chi connectivity index (χ1v) is 7.72. The predicted octanol–water partition coefficient (Wildman–Crippen LogP) is 2.41. The van der Waals surface area contributed by atoms with Crippen molar-refractivity contribution < 1.29 is 8.42 Å². The minimum atomic E-state index is -3.47. The smallest absolute Gasteiger partial charge is 0.241 e. The Morgan fingerprint density at radius 3 is 2.56 bits per heavy atom. The van der Waals surface area contributed by atoms with Crippen molar-refractivity contribution in [3.05, 3.63) is 27.7 Å². The van der Waals surface area contributed by atoms with E-state index in [-0.39, 0.29) is 17.3 Å². The van der Waals surface area contributed by atoms with E-state index in [1.807, 2.05) is 7.05 Å². The minimum absolute atomic E-state index is 0. The molecule has 104 valence electrons. The molecule has 1 rings (SSSR count). The summed E-state index contributed by atoms with van der Waals surface area (Å²) in [6.07, 6.45) is 0.737. The van der Waals surface area contributed by atoms with Gasteiger partial charge >= 0.3 is 0 Å². The van der Waals surface area contributed by atoms with E-state index in [1.165, 1.54) is 6.07 Å². The summed E-state index contributed by atoms with van der Waals surface area (Å²) in [6.45, 7) is 1.17. The Morgan fingerprint density at radius 1 is 1.33 bits per heavy atom. The summed E-state index contributed by atoms with van der Waals surface area (Å²) >= 11 is 8.95. The first-order valence-electron chi connectivity index (χ1n) is 5.06. The fourth-order valence-corrected chi connectivity index (χ4v) is 3.70. The van der Waals surface area contributed by atoms with Crippen LogP contribution in [0.2, 0.25) is 5.02 Å². The lowest BCUT2D eigenvalue weighted by atomic mass is 10.4. The summed E-state index contributed by atoms with van der Waals surface area (Å²) in [6, 6.07) is 4.59. The van der Waals surface area contributed by atoms with Gasteiger partial charge in [-0.3, -0.25) is 0 Å². The summed E-state index contributed by atoms with van der Waals surface area (Å²) in [5.41, 5.74) is 0. The van der Waals surface area contributed by atoms with Gasteiger partial charge in [-0.15, -0.1) is 12.4 Å². The zero-order valence-electron chi connectivity index (χ0n) is 9.74. The van der Waals surface area contributed by atoms with Gasteiger partial charge in [0, 0.05) is 16.0 Å². The van der Waals surface area contributed by atoms with E-state index in [4.69, 9.17) is 11.6 Å². The lowest BCUT2D eigenvalue weighted by Crippen LogP contribution is -2.27. The van der Waals surface area contributed by atoms with Gasteiger partial charge in [-0.25, -0.2) is 13.1 Å². The Morgan fingerprint density at radius 2 is 2.00 bits per heavy atom. The van der Waals surface area contributed by atoms with Crippen LogP contribution in [0.1, 0.15) is 6.42 Å². The molecule has 0 fully saturated rings. The highest BCUT2D eigenvalue weighted by molar-refractivity contribution is 9.10. The van der Waals surface area contributed by atoms with Gasteiger partial charge < -0.3 is 5.32 Å². The van der Waals surface area contributed by atoms with Gasteiger partial charge in [0.15, 0.2) is 0 Å². The Hall–Kier alpha value is 0.150. The first kappa shape index (κ1) is 18.1. The number of rotatable bonds is 6. The normalized spacial score (nSPS) is 11.1. The van der Waals surface area contributed by atoms with E-state index in [0.29, 0.717) is 16.0 Å². The number of hydrogen-bond donors (Lipinski definition) is 2. The van der Waals surface area contributed by atoms with Crippen LogP contribution in [-0.2, 0) is 10.0 Å². The summed E-state index contributed by atoms with van der Waals surface area (Å²) in [4.78, 5) is 0.200. The van der Waals surface area contributed by atoms with Crippen LogP contribution >= 0.6 is 39.9 Å². The van der Waals surface area contributed by atoms with Crippen LogP contribution in [0.4, 0.5) is 0 Å². The van der Waals surface area contributed by atoms with Crippen molar-refractivity contribution >= 4 is 50.0 Å². The Balaban J connectivity index is 0.00000289. The fraction of sp³-hybridized carbons (Fsp3) is 0.400. The topological polar surface area (TPSA) is 58.2 Å². The highest BCUT2D eigenvalue weighted by Crippen LogP contribution is 2.25. The molecule has 0 heterocycles. The van der Waals surface area contributed by atoms with Gasteiger partial charge in [-0.05, 0) is 54.1 Å². The molecule has 0 aliphatic heterocycles. The van der Waals surface area contributed by atoms with Gasteiger partial charge in [-0.1, -0.05) is 11.6 Å². The van der Waals surface area contributed by atoms with E-state index in [2.05, 4.69) is 26.0 Å². The summed E-state index contributed by atoms with van der Waals surface area (Å²) < 4.78 is 26.8. The maximum Gasteiger partial charge on any atom is 0.241 e. The van der Waals surface area contributed by atoms with Crippen LogP contribution in [0, 0.1) is 0 Å². The van der Waals surface area contributed by atoms with E-state index in [1.54, 1.807) is 12.1 Å². The average molecular weight is 378 g/mol. The predicted molar refractivity (Wildman–Crippen MR) is 80.1 cm³/mol. The van der Waals surface area contributed by atoms with Crippen molar-refractivity contribution in [1.29, 1.82) is 0 Å². The molecule has 4 nitrogen and oxygen atoms in total. The van der Waals surface area contributed by atoms with E-state index < -0.39 is 10.0 Å². The molecule has 0 bridgehead atoms. The highest BCUT2D eigenvalue weighted by Gasteiger charge is 2.16. The molecule has 0 unspecified atom stereocenters. The van der Waals surface area contributed by atoms with Crippen LogP contribution < -0.4 is 10.0 Å². The molecule has 0 radical (unpaired) electrons. The molecule has 0 spiro atoms. The zero-order valence-corrected chi connectivity index (χ0v) is 13.7. The molecule has 0 saturated heterocycles. The number of sulfonamides is 1. The first-order chi connectivity index (χ1) is 7.97. The number of nitrogens with one attached hydrogen (secondary N) is 2. The largest absolute Gasteiger partial charge is 0.320 e. The van der Waals surface area contributed by atoms with Gasteiger partial charge in [0.1, 0.15) is 0 Å². The third-order valence-corrected chi connectivity index (χ3v) is 4.75. The fourth-order valence-electron chi connectivity index (χ4n) is 1.24. The average Bonchev–Trinajstić information content (AvgIpc) is 2.24. The van der Waals surface area contributed by atoms with E-state index >= 15 is 0 Å². The lowest BCUT2D eigenvalue weighted by molar-refractivity contribution is 0.577. The second kappa shape index (κ2) is 8.35. The quantitative estimate of drug-likeness (QED) is 0.748. The van der Waals surface area contributed by atoms with E-state index in [9.17, 15) is 8.42 Å². The van der Waals surface area contributed by atoms with Gasteiger partial charge in [-0.2, -0.15) is 0 Å². The van der Waals surface area contributed by atoms with Gasteiger partial charge in [0.05, 0.1) is 4.90 Å². The lowest BCUT2D eigenvalue weighted by Gasteiger charge is -2.08. The molecular weight excluding hydrogens is 363 g/mol. The van der Waals surface area contributed by atoms with Gasteiger partial charge in [0.25, 0.3) is 0 Å². The van der Waals surface area contributed by atoms with Crippen LogP contribution in [0.15, 0.2) is 27.6 Å². The van der Waals surface area contributed by atoms with Crippen LogP contribution in [0.3, 0.4) is 0 Å². The van der Waals surface area contributed by atoms with Crippen molar-refractivity contribution in [2.24, 2.45) is 0 Å². The van der Waals surface area contributed by atoms with E-state index in [0.717, 1.165) is 13.0 Å². The second-order valence-corrected chi connectivity index (χ2v) is 6.46. The Kier molecular flexibility index (Phi) is 8.42. The van der Waals surface area contributed by atoms with Crippen molar-refractivity contribution in [3.8, 4) is 0 Å². The molecule has 0 aromatic heterocycles. The molecule has 0 saturated carbocycles. The van der Waals surface area contributed by atoms with Crippen molar-refractivity contribution in [2.75, 3.05) is 20.1 Å². The van der Waals surface area contributed by atoms with Crippen LogP contribution in [-0.4, -0.2) is 28.6 Å². The maximum absolute atomic E-state index is 11.9. The van der Waals surface area contributed by atoms with Crippen molar-refractivity contribution in [3.63, 3.8) is 0 Å². The highest BCUT2D eigenvalue weighted by atomic mass is 79.9. The summed E-state index contributed by atoms with van der Waals surface area (Å²) in [7, 11) is -1.65. The summed E-state index contributed by atoms with van der Waals surface area (Å²) in [5.74, 6) is 0. The molecule has 0 atom stereocenters. The molecule has 2 N–H and O–H groups in total. The molecule has 0 aliphatic rings. The standard InChI is InChI=1S/C10H14BrClN2O2S.ClH/c1-13-5-2-6-14-17(15,16)10-4-3-8(12)7-9(10)11;/h3-4,7,13-14H,2,5-6H2,1H3;1H.